The van der Waals surface area contributed by atoms with Crippen molar-refractivity contribution in [3.63, 3.8) is 0 Å². The summed E-state index contributed by atoms with van der Waals surface area (Å²) in [4.78, 5) is 9.16. The van der Waals surface area contributed by atoms with Gasteiger partial charge in [-0.15, -0.1) is 0 Å². The lowest BCUT2D eigenvalue weighted by atomic mass is 10.2. The number of nitrogens with zero attached hydrogens (tertiary/aromatic N) is 2. The minimum Gasteiger partial charge on any atom is -0.493 e. The van der Waals surface area contributed by atoms with Crippen LogP contribution in [-0.2, 0) is 13.2 Å². The summed E-state index contributed by atoms with van der Waals surface area (Å²) in [7, 11) is 1.57. The molecule has 0 aliphatic rings. The van der Waals surface area contributed by atoms with Gasteiger partial charge < -0.3 is 14.6 Å². The fourth-order valence-corrected chi connectivity index (χ4v) is 2.34. The van der Waals surface area contributed by atoms with E-state index in [2.05, 4.69) is 9.97 Å². The fourth-order valence-electron chi connectivity index (χ4n) is 2.34. The Hall–Kier alpha value is -2.66. The van der Waals surface area contributed by atoms with E-state index in [1.165, 1.54) is 0 Å². The molecule has 0 amide bonds. The number of aromatic nitrogens is 2. The summed E-state index contributed by atoms with van der Waals surface area (Å²) in [6.07, 6.45) is 0. The van der Waals surface area contributed by atoms with Gasteiger partial charge in [0.25, 0.3) is 0 Å². The van der Waals surface area contributed by atoms with E-state index < -0.39 is 0 Å². The average molecular weight is 310 g/mol. The van der Waals surface area contributed by atoms with Crippen molar-refractivity contribution in [3.8, 4) is 11.5 Å². The van der Waals surface area contributed by atoms with Gasteiger partial charge >= 0.3 is 0 Å². The average Bonchev–Trinajstić information content (AvgIpc) is 2.59. The van der Waals surface area contributed by atoms with Gasteiger partial charge in [0.15, 0.2) is 11.5 Å². The van der Waals surface area contributed by atoms with Crippen molar-refractivity contribution in [1.82, 2.24) is 9.97 Å². The minimum atomic E-state index is -0.0358. The van der Waals surface area contributed by atoms with E-state index in [4.69, 9.17) is 9.47 Å². The molecule has 0 saturated carbocycles. The molecule has 2 aromatic carbocycles. The Bertz CT molecular complexity index is 834. The molecule has 0 aliphatic heterocycles. The van der Waals surface area contributed by atoms with Gasteiger partial charge in [-0.1, -0.05) is 18.2 Å². The zero-order valence-electron chi connectivity index (χ0n) is 13.1. The van der Waals surface area contributed by atoms with Gasteiger partial charge in [-0.2, -0.15) is 0 Å². The second-order valence-corrected chi connectivity index (χ2v) is 5.18. The Kier molecular flexibility index (Phi) is 4.39. The molecule has 5 heteroatoms. The summed E-state index contributed by atoms with van der Waals surface area (Å²) in [5, 5.41) is 9.18. The maximum absolute atomic E-state index is 9.18. The van der Waals surface area contributed by atoms with Gasteiger partial charge in [-0.3, -0.25) is 0 Å². The van der Waals surface area contributed by atoms with Gasteiger partial charge in [-0.05, 0) is 36.8 Å². The standard InChI is InChI=1S/C18H18N2O3/c1-12-16(20-15-6-4-3-5-14(15)19-12)11-23-17-8-7-13(10-21)9-18(17)22-2/h3-9,21H,10-11H2,1-2H3. The number of hydrogen-bond acceptors (Lipinski definition) is 5. The van der Waals surface area contributed by atoms with Crippen LogP contribution in [0.25, 0.3) is 11.0 Å². The normalized spacial score (nSPS) is 10.7. The van der Waals surface area contributed by atoms with Crippen LogP contribution in [0.3, 0.4) is 0 Å². The Morgan fingerprint density at radius 3 is 2.43 bits per heavy atom. The molecule has 0 bridgehead atoms. The first-order chi connectivity index (χ1) is 11.2. The van der Waals surface area contributed by atoms with Crippen molar-refractivity contribution in [3.05, 3.63) is 59.4 Å². The number of para-hydroxylation sites is 2. The molecular weight excluding hydrogens is 292 g/mol. The smallest absolute Gasteiger partial charge is 0.161 e. The first-order valence-electron chi connectivity index (χ1n) is 7.34. The molecule has 23 heavy (non-hydrogen) atoms. The third-order valence-electron chi connectivity index (χ3n) is 3.62. The number of fused-ring (bicyclic) bond motifs is 1. The summed E-state index contributed by atoms with van der Waals surface area (Å²) in [5.74, 6) is 1.20. The van der Waals surface area contributed by atoms with Gasteiger partial charge in [0.1, 0.15) is 6.61 Å². The second-order valence-electron chi connectivity index (χ2n) is 5.18. The van der Waals surface area contributed by atoms with Crippen LogP contribution in [-0.4, -0.2) is 22.2 Å². The van der Waals surface area contributed by atoms with Gasteiger partial charge in [0.2, 0.25) is 0 Å². The van der Waals surface area contributed by atoms with E-state index >= 15 is 0 Å². The quantitative estimate of drug-likeness (QED) is 0.785. The molecule has 0 spiro atoms. The molecule has 1 heterocycles. The Labute approximate surface area is 134 Å². The summed E-state index contributed by atoms with van der Waals surface area (Å²) < 4.78 is 11.1. The second kappa shape index (κ2) is 6.62. The zero-order chi connectivity index (χ0) is 16.2. The van der Waals surface area contributed by atoms with Crippen molar-refractivity contribution in [2.75, 3.05) is 7.11 Å². The number of benzene rings is 2. The molecule has 0 radical (unpaired) electrons. The van der Waals surface area contributed by atoms with Crippen LogP contribution >= 0.6 is 0 Å². The monoisotopic (exact) mass is 310 g/mol. The number of aliphatic hydroxyl groups is 1. The molecule has 1 aromatic heterocycles. The van der Waals surface area contributed by atoms with Crippen LogP contribution in [0, 0.1) is 6.92 Å². The molecule has 118 valence electrons. The lowest BCUT2D eigenvalue weighted by molar-refractivity contribution is 0.272. The maximum Gasteiger partial charge on any atom is 0.161 e. The Balaban J connectivity index is 1.84. The largest absolute Gasteiger partial charge is 0.493 e. The van der Waals surface area contributed by atoms with Crippen LogP contribution in [0.1, 0.15) is 17.0 Å². The van der Waals surface area contributed by atoms with Crippen molar-refractivity contribution in [2.45, 2.75) is 20.1 Å². The number of aliphatic hydroxyl groups excluding tert-OH is 1. The molecule has 0 fully saturated rings. The SMILES string of the molecule is COc1cc(CO)ccc1OCc1nc2ccccc2nc1C. The lowest BCUT2D eigenvalue weighted by Crippen LogP contribution is -2.04. The van der Waals surface area contributed by atoms with E-state index in [0.717, 1.165) is 28.0 Å². The van der Waals surface area contributed by atoms with Crippen molar-refractivity contribution < 1.29 is 14.6 Å². The highest BCUT2D eigenvalue weighted by Crippen LogP contribution is 2.29. The highest BCUT2D eigenvalue weighted by molar-refractivity contribution is 5.74. The predicted molar refractivity (Wildman–Crippen MR) is 87.5 cm³/mol. The predicted octanol–water partition coefficient (Wildman–Crippen LogP) is 3.02. The van der Waals surface area contributed by atoms with Crippen LogP contribution in [0.4, 0.5) is 0 Å². The highest BCUT2D eigenvalue weighted by atomic mass is 16.5. The molecule has 0 saturated heterocycles. The van der Waals surface area contributed by atoms with Crippen LogP contribution < -0.4 is 9.47 Å². The first kappa shape index (κ1) is 15.2. The highest BCUT2D eigenvalue weighted by Gasteiger charge is 2.09. The number of ether oxygens (including phenoxy) is 2. The number of rotatable bonds is 5. The van der Waals surface area contributed by atoms with E-state index in [0.29, 0.717) is 18.1 Å². The molecule has 0 unspecified atom stereocenters. The first-order valence-corrected chi connectivity index (χ1v) is 7.34. The number of aryl methyl sites for hydroxylation is 1. The molecule has 3 aromatic rings. The van der Waals surface area contributed by atoms with Gasteiger partial charge in [-0.25, -0.2) is 9.97 Å². The van der Waals surface area contributed by atoms with E-state index in [1.54, 1.807) is 25.3 Å². The molecule has 1 N–H and O–H groups in total. The lowest BCUT2D eigenvalue weighted by Gasteiger charge is -2.12. The zero-order valence-corrected chi connectivity index (χ0v) is 13.1. The van der Waals surface area contributed by atoms with Crippen LogP contribution in [0.5, 0.6) is 11.5 Å². The summed E-state index contributed by atoms with van der Waals surface area (Å²) in [6, 6.07) is 13.1. The topological polar surface area (TPSA) is 64.5 Å². The molecule has 0 atom stereocenters. The third kappa shape index (κ3) is 3.24. The molecular formula is C18H18N2O3. The van der Waals surface area contributed by atoms with E-state index in [-0.39, 0.29) is 6.61 Å². The maximum atomic E-state index is 9.18. The number of methoxy groups -OCH3 is 1. The van der Waals surface area contributed by atoms with Crippen molar-refractivity contribution in [1.29, 1.82) is 0 Å². The fraction of sp³-hybridized carbons (Fsp3) is 0.222. The van der Waals surface area contributed by atoms with Gasteiger partial charge in [0, 0.05) is 0 Å². The molecule has 5 nitrogen and oxygen atoms in total. The van der Waals surface area contributed by atoms with Crippen molar-refractivity contribution in [2.24, 2.45) is 0 Å². The van der Waals surface area contributed by atoms with Crippen LogP contribution in [0.15, 0.2) is 42.5 Å². The summed E-state index contributed by atoms with van der Waals surface area (Å²) in [5.41, 5.74) is 4.13. The Morgan fingerprint density at radius 2 is 1.74 bits per heavy atom. The van der Waals surface area contributed by atoms with Crippen molar-refractivity contribution >= 4 is 11.0 Å². The summed E-state index contributed by atoms with van der Waals surface area (Å²) in [6.45, 7) is 2.19. The van der Waals surface area contributed by atoms with E-state index in [1.807, 2.05) is 31.2 Å². The molecule has 3 rings (SSSR count). The van der Waals surface area contributed by atoms with Gasteiger partial charge in [0.05, 0.1) is 36.1 Å². The number of hydrogen-bond donors (Lipinski definition) is 1. The molecule has 0 aliphatic carbocycles. The van der Waals surface area contributed by atoms with E-state index in [9.17, 15) is 5.11 Å². The van der Waals surface area contributed by atoms with Crippen LogP contribution in [0.2, 0.25) is 0 Å². The minimum absolute atomic E-state index is 0.0358. The summed E-state index contributed by atoms with van der Waals surface area (Å²) >= 11 is 0. The Morgan fingerprint density at radius 1 is 1.00 bits per heavy atom. The third-order valence-corrected chi connectivity index (χ3v) is 3.62.